The summed E-state index contributed by atoms with van der Waals surface area (Å²) in [6.45, 7) is 0. The second-order valence-electron chi connectivity index (χ2n) is 4.02. The molecule has 5 heteroatoms. The van der Waals surface area contributed by atoms with Crippen molar-refractivity contribution in [3.8, 4) is 5.69 Å². The number of ether oxygens (including phenoxy) is 1. The Hall–Kier alpha value is -2.69. The summed E-state index contributed by atoms with van der Waals surface area (Å²) >= 11 is 0. The standard InChI is InChI=1S/C14H11N3O2/c1-19-14(18)12-8-17(10-6-15-9-16-7-10)13-5-3-2-4-11(12)13/h2-9H,1H3. The minimum atomic E-state index is -0.355. The first-order valence-corrected chi connectivity index (χ1v) is 5.75. The Morgan fingerprint density at radius 3 is 2.68 bits per heavy atom. The molecule has 0 atom stereocenters. The molecular formula is C14H11N3O2. The van der Waals surface area contributed by atoms with Crippen molar-refractivity contribution in [2.45, 2.75) is 0 Å². The predicted molar refractivity (Wildman–Crippen MR) is 70.2 cm³/mol. The molecule has 0 unspecified atom stereocenters. The third-order valence-corrected chi connectivity index (χ3v) is 2.94. The van der Waals surface area contributed by atoms with E-state index in [0.29, 0.717) is 5.56 Å². The van der Waals surface area contributed by atoms with Gasteiger partial charge < -0.3 is 9.30 Å². The summed E-state index contributed by atoms with van der Waals surface area (Å²) in [5.41, 5.74) is 2.24. The van der Waals surface area contributed by atoms with E-state index in [-0.39, 0.29) is 5.97 Å². The van der Waals surface area contributed by atoms with Gasteiger partial charge in [0.1, 0.15) is 6.33 Å². The number of esters is 1. The molecule has 0 saturated heterocycles. The van der Waals surface area contributed by atoms with Crippen molar-refractivity contribution in [2.24, 2.45) is 0 Å². The van der Waals surface area contributed by atoms with E-state index in [1.54, 1.807) is 18.6 Å². The van der Waals surface area contributed by atoms with Gasteiger partial charge in [-0.15, -0.1) is 0 Å². The van der Waals surface area contributed by atoms with Gasteiger partial charge >= 0.3 is 5.97 Å². The molecule has 3 aromatic rings. The molecule has 19 heavy (non-hydrogen) atoms. The van der Waals surface area contributed by atoms with E-state index in [2.05, 4.69) is 9.97 Å². The van der Waals surface area contributed by atoms with Crippen LogP contribution in [-0.2, 0) is 4.74 Å². The zero-order chi connectivity index (χ0) is 13.2. The Bertz CT molecular complexity index is 735. The number of benzene rings is 1. The topological polar surface area (TPSA) is 57.0 Å². The lowest BCUT2D eigenvalue weighted by Gasteiger charge is -2.02. The maximum absolute atomic E-state index is 11.8. The third kappa shape index (κ3) is 1.85. The van der Waals surface area contributed by atoms with Crippen molar-refractivity contribution in [3.05, 3.63) is 54.7 Å². The minimum absolute atomic E-state index is 0.355. The van der Waals surface area contributed by atoms with Crippen molar-refractivity contribution in [1.82, 2.24) is 14.5 Å². The molecule has 3 rings (SSSR count). The summed E-state index contributed by atoms with van der Waals surface area (Å²) in [6, 6.07) is 7.64. The fraction of sp³-hybridized carbons (Fsp3) is 0.0714. The minimum Gasteiger partial charge on any atom is -0.465 e. The van der Waals surface area contributed by atoms with E-state index >= 15 is 0 Å². The van der Waals surface area contributed by atoms with Gasteiger partial charge in [0.15, 0.2) is 0 Å². The largest absolute Gasteiger partial charge is 0.465 e. The number of aromatic nitrogens is 3. The maximum Gasteiger partial charge on any atom is 0.340 e. The second-order valence-corrected chi connectivity index (χ2v) is 4.02. The van der Waals surface area contributed by atoms with E-state index in [0.717, 1.165) is 16.6 Å². The SMILES string of the molecule is COC(=O)c1cn(-c2cncnc2)c2ccccc12. The first-order chi connectivity index (χ1) is 9.31. The molecule has 0 radical (unpaired) electrons. The number of carbonyl (C=O) groups is 1. The average Bonchev–Trinajstić information content (AvgIpc) is 2.87. The summed E-state index contributed by atoms with van der Waals surface area (Å²) in [7, 11) is 1.38. The van der Waals surface area contributed by atoms with Crippen LogP contribution in [0.1, 0.15) is 10.4 Å². The van der Waals surface area contributed by atoms with Gasteiger partial charge in [0.2, 0.25) is 0 Å². The van der Waals surface area contributed by atoms with Crippen LogP contribution < -0.4 is 0 Å². The Morgan fingerprint density at radius 2 is 1.95 bits per heavy atom. The number of methoxy groups -OCH3 is 1. The second kappa shape index (κ2) is 4.53. The average molecular weight is 253 g/mol. The van der Waals surface area contributed by atoms with Gasteiger partial charge in [0.25, 0.3) is 0 Å². The highest BCUT2D eigenvalue weighted by Gasteiger charge is 2.15. The van der Waals surface area contributed by atoms with Gasteiger partial charge in [0.05, 0.1) is 36.3 Å². The number of rotatable bonds is 2. The number of carbonyl (C=O) groups excluding carboxylic acids is 1. The molecule has 5 nitrogen and oxygen atoms in total. The van der Waals surface area contributed by atoms with Gasteiger partial charge in [-0.2, -0.15) is 0 Å². The Morgan fingerprint density at radius 1 is 1.21 bits per heavy atom. The normalized spacial score (nSPS) is 10.6. The van der Waals surface area contributed by atoms with Gasteiger partial charge in [-0.1, -0.05) is 18.2 Å². The monoisotopic (exact) mass is 253 g/mol. The van der Waals surface area contributed by atoms with E-state index in [4.69, 9.17) is 4.74 Å². The molecular weight excluding hydrogens is 242 g/mol. The summed E-state index contributed by atoms with van der Waals surface area (Å²) in [4.78, 5) is 19.8. The van der Waals surface area contributed by atoms with Crippen LogP contribution in [0.3, 0.4) is 0 Å². The molecule has 0 N–H and O–H groups in total. The maximum atomic E-state index is 11.8. The van der Waals surface area contributed by atoms with Crippen molar-refractivity contribution in [1.29, 1.82) is 0 Å². The number of para-hydroxylation sites is 1. The number of nitrogens with zero attached hydrogens (tertiary/aromatic N) is 3. The molecule has 0 saturated carbocycles. The quantitative estimate of drug-likeness (QED) is 0.657. The zero-order valence-corrected chi connectivity index (χ0v) is 10.3. The first-order valence-electron chi connectivity index (χ1n) is 5.75. The van der Waals surface area contributed by atoms with Crippen LogP contribution in [0.15, 0.2) is 49.2 Å². The molecule has 2 heterocycles. The van der Waals surface area contributed by atoms with Gasteiger partial charge in [-0.25, -0.2) is 14.8 Å². The van der Waals surface area contributed by atoms with Gasteiger partial charge in [-0.05, 0) is 6.07 Å². The fourth-order valence-corrected chi connectivity index (χ4v) is 2.08. The summed E-state index contributed by atoms with van der Waals surface area (Å²) < 4.78 is 6.69. The molecule has 0 aliphatic rings. The molecule has 0 bridgehead atoms. The highest BCUT2D eigenvalue weighted by Crippen LogP contribution is 2.24. The zero-order valence-electron chi connectivity index (χ0n) is 10.3. The Kier molecular flexibility index (Phi) is 2.72. The Balaban J connectivity index is 2.29. The van der Waals surface area contributed by atoms with Crippen LogP contribution >= 0.6 is 0 Å². The van der Waals surface area contributed by atoms with E-state index in [1.165, 1.54) is 13.4 Å². The van der Waals surface area contributed by atoms with Crippen LogP contribution in [-0.4, -0.2) is 27.6 Å². The lowest BCUT2D eigenvalue weighted by Crippen LogP contribution is -2.00. The van der Waals surface area contributed by atoms with Crippen molar-refractivity contribution in [2.75, 3.05) is 7.11 Å². The third-order valence-electron chi connectivity index (χ3n) is 2.94. The molecule has 0 aliphatic heterocycles. The van der Waals surface area contributed by atoms with Gasteiger partial charge in [-0.3, -0.25) is 0 Å². The molecule has 0 amide bonds. The summed E-state index contributed by atoms with van der Waals surface area (Å²) in [6.07, 6.45) is 6.60. The smallest absolute Gasteiger partial charge is 0.340 e. The highest BCUT2D eigenvalue weighted by molar-refractivity contribution is 6.04. The van der Waals surface area contributed by atoms with Crippen LogP contribution in [0.5, 0.6) is 0 Å². The summed E-state index contributed by atoms with van der Waals surface area (Å²) in [5, 5.41) is 0.846. The molecule has 0 fully saturated rings. The van der Waals surface area contributed by atoms with Crippen molar-refractivity contribution >= 4 is 16.9 Å². The summed E-state index contributed by atoms with van der Waals surface area (Å²) in [5.74, 6) is -0.355. The number of hydrogen-bond acceptors (Lipinski definition) is 4. The van der Waals surface area contributed by atoms with Crippen molar-refractivity contribution < 1.29 is 9.53 Å². The van der Waals surface area contributed by atoms with Crippen LogP contribution in [0.2, 0.25) is 0 Å². The molecule has 94 valence electrons. The van der Waals surface area contributed by atoms with E-state index < -0.39 is 0 Å². The predicted octanol–water partition coefficient (Wildman–Crippen LogP) is 2.21. The Labute approximate surface area is 109 Å². The van der Waals surface area contributed by atoms with Crippen LogP contribution in [0.4, 0.5) is 0 Å². The molecule has 0 aliphatic carbocycles. The van der Waals surface area contributed by atoms with Gasteiger partial charge in [0, 0.05) is 11.6 Å². The van der Waals surface area contributed by atoms with E-state index in [1.807, 2.05) is 28.8 Å². The number of hydrogen-bond donors (Lipinski definition) is 0. The molecule has 0 spiro atoms. The first kappa shape index (κ1) is 11.4. The lowest BCUT2D eigenvalue weighted by atomic mass is 10.2. The van der Waals surface area contributed by atoms with Crippen LogP contribution in [0.25, 0.3) is 16.6 Å². The lowest BCUT2D eigenvalue weighted by molar-refractivity contribution is 0.0603. The van der Waals surface area contributed by atoms with Crippen LogP contribution in [0, 0.1) is 0 Å². The van der Waals surface area contributed by atoms with E-state index in [9.17, 15) is 4.79 Å². The number of fused-ring (bicyclic) bond motifs is 1. The fourth-order valence-electron chi connectivity index (χ4n) is 2.08. The highest BCUT2D eigenvalue weighted by atomic mass is 16.5. The van der Waals surface area contributed by atoms with Crippen molar-refractivity contribution in [3.63, 3.8) is 0 Å². The molecule has 2 aromatic heterocycles. The molecule has 1 aromatic carbocycles.